The zero-order valence-electron chi connectivity index (χ0n) is 41.8. The number of pyridine rings is 1. The van der Waals surface area contributed by atoms with Crippen LogP contribution in [0.4, 0.5) is 24.2 Å². The number of aliphatic hydroxyl groups is 1. The number of rotatable bonds is 17. The molecule has 20 heteroatoms. The molecule has 3 aliphatic heterocycles. The number of hydrogen-bond acceptors (Lipinski definition) is 12. The molecule has 4 amide bonds. The summed E-state index contributed by atoms with van der Waals surface area (Å²) in [5.74, 6) is 4.29. The number of aliphatic hydroxyl groups excluding tert-OH is 1. The lowest BCUT2D eigenvalue weighted by atomic mass is 9.85. The number of carbonyl (C=O) groups is 4. The number of nitrogens with zero attached hydrogens (tertiary/aromatic N) is 5. The van der Waals surface area contributed by atoms with Crippen molar-refractivity contribution in [3.05, 3.63) is 101 Å². The first-order valence-electron chi connectivity index (χ1n) is 24.2. The van der Waals surface area contributed by atoms with Gasteiger partial charge in [0.1, 0.15) is 29.5 Å². The van der Waals surface area contributed by atoms with E-state index in [0.717, 1.165) is 49.8 Å². The molecule has 5 heterocycles. The highest BCUT2D eigenvalue weighted by molar-refractivity contribution is 5.87. The van der Waals surface area contributed by atoms with Crippen molar-refractivity contribution in [2.45, 2.75) is 110 Å². The number of anilines is 1. The van der Waals surface area contributed by atoms with E-state index in [2.05, 4.69) is 53.5 Å². The molecule has 2 aromatic carbocycles. The van der Waals surface area contributed by atoms with Gasteiger partial charge in [0.25, 0.3) is 5.91 Å². The Morgan fingerprint density at radius 2 is 1.47 bits per heavy atom. The van der Waals surface area contributed by atoms with Gasteiger partial charge < -0.3 is 40.5 Å². The SMILES string of the molecule is Cn1ccc(-c2cc(F)c(CCOC(=O)N[C@H](C(=O)N[C@@H](Cc3ccc(C#Cc4ccc(N5CC6CCC(C5)N6C5COC5)nc4)cc3)[C@@H](O)CNNC(=O)[C@@H](NC(=O)O)C(C)(C)C)C(C)(C)C)c(F)c2)n1. The average Bonchev–Trinajstić information content (AvgIpc) is 3.84. The smallest absolute Gasteiger partial charge is 0.407 e. The molecule has 0 radical (unpaired) electrons. The normalized spacial score (nSPS) is 18.7. The summed E-state index contributed by atoms with van der Waals surface area (Å²) in [7, 11) is 1.69. The third-order valence-electron chi connectivity index (χ3n) is 13.3. The van der Waals surface area contributed by atoms with Gasteiger partial charge >= 0.3 is 12.2 Å². The lowest BCUT2D eigenvalue weighted by Gasteiger charge is -2.47. The summed E-state index contributed by atoms with van der Waals surface area (Å²) in [5, 5.41) is 32.7. The number of aromatic nitrogens is 3. The Labute approximate surface area is 418 Å². The third kappa shape index (κ3) is 13.6. The Bertz CT molecular complexity index is 2580. The van der Waals surface area contributed by atoms with Gasteiger partial charge in [-0.3, -0.25) is 24.6 Å². The van der Waals surface area contributed by atoms with Crippen LogP contribution < -0.4 is 31.7 Å². The van der Waals surface area contributed by atoms with E-state index in [1.54, 1.807) is 67.1 Å². The van der Waals surface area contributed by atoms with Gasteiger partial charge in [0.05, 0.1) is 43.7 Å². The van der Waals surface area contributed by atoms with Gasteiger partial charge in [-0.25, -0.2) is 28.8 Å². The van der Waals surface area contributed by atoms with E-state index in [-0.39, 0.29) is 30.5 Å². The van der Waals surface area contributed by atoms with Crippen molar-refractivity contribution in [2.75, 3.05) is 44.4 Å². The van der Waals surface area contributed by atoms with E-state index in [0.29, 0.717) is 34.9 Å². The van der Waals surface area contributed by atoms with Gasteiger partial charge in [0.2, 0.25) is 5.91 Å². The topological polar surface area (TPSA) is 225 Å². The van der Waals surface area contributed by atoms with Crippen molar-refractivity contribution in [3.63, 3.8) is 0 Å². The Morgan fingerprint density at radius 3 is 2.03 bits per heavy atom. The number of piperazine rings is 1. The number of aryl methyl sites for hydroxylation is 1. The van der Waals surface area contributed by atoms with Crippen LogP contribution >= 0.6 is 0 Å². The zero-order chi connectivity index (χ0) is 51.9. The fraction of sp³-hybridized carbons (Fsp3) is 0.500. The summed E-state index contributed by atoms with van der Waals surface area (Å²) in [6, 6.07) is 13.4. The fourth-order valence-corrected chi connectivity index (χ4v) is 9.33. The molecule has 0 aliphatic carbocycles. The summed E-state index contributed by atoms with van der Waals surface area (Å²) in [6.07, 6.45) is 1.89. The van der Waals surface area contributed by atoms with Crippen LogP contribution in [0.15, 0.2) is 67.0 Å². The zero-order valence-corrected chi connectivity index (χ0v) is 41.8. The van der Waals surface area contributed by atoms with Crippen LogP contribution in [0.2, 0.25) is 0 Å². The van der Waals surface area contributed by atoms with Crippen molar-refractivity contribution >= 4 is 29.8 Å². The average molecular weight is 997 g/mol. The van der Waals surface area contributed by atoms with Gasteiger partial charge in [-0.1, -0.05) is 65.5 Å². The molecule has 18 nitrogen and oxygen atoms in total. The van der Waals surface area contributed by atoms with E-state index in [4.69, 9.17) is 14.5 Å². The van der Waals surface area contributed by atoms with Crippen molar-refractivity contribution in [3.8, 4) is 23.1 Å². The molecule has 4 aromatic rings. The molecule has 2 unspecified atom stereocenters. The van der Waals surface area contributed by atoms with E-state index >= 15 is 8.78 Å². The van der Waals surface area contributed by atoms with Crippen LogP contribution in [0.5, 0.6) is 0 Å². The van der Waals surface area contributed by atoms with Crippen LogP contribution in [0.25, 0.3) is 11.3 Å². The van der Waals surface area contributed by atoms with Crippen LogP contribution in [-0.2, 0) is 39.0 Å². The quantitative estimate of drug-likeness (QED) is 0.0581. The van der Waals surface area contributed by atoms with Gasteiger partial charge in [-0.15, -0.1) is 0 Å². The maximum atomic E-state index is 15.1. The Balaban J connectivity index is 0.989. The highest BCUT2D eigenvalue weighted by Gasteiger charge is 2.45. The maximum Gasteiger partial charge on any atom is 0.407 e. The molecule has 386 valence electrons. The number of nitrogens with one attached hydrogen (secondary N) is 5. The Morgan fingerprint density at radius 1 is 0.847 bits per heavy atom. The minimum Gasteiger partial charge on any atom is -0.465 e. The van der Waals surface area contributed by atoms with Gasteiger partial charge in [0.15, 0.2) is 0 Å². The molecule has 3 saturated heterocycles. The molecule has 3 fully saturated rings. The molecule has 0 saturated carbocycles. The lowest BCUT2D eigenvalue weighted by Crippen LogP contribution is -2.62. The van der Waals surface area contributed by atoms with Crippen molar-refractivity contribution in [2.24, 2.45) is 17.9 Å². The molecule has 6 atom stereocenters. The number of ether oxygens (including phenoxy) is 2. The Kier molecular flexibility index (Phi) is 16.8. The summed E-state index contributed by atoms with van der Waals surface area (Å²) >= 11 is 0. The minimum absolute atomic E-state index is 0.0920. The van der Waals surface area contributed by atoms with Crippen molar-refractivity contribution in [1.29, 1.82) is 0 Å². The van der Waals surface area contributed by atoms with Crippen molar-refractivity contribution < 1.29 is 47.6 Å². The lowest BCUT2D eigenvalue weighted by molar-refractivity contribution is -0.128. The number of alkyl carbamates (subject to hydrolysis) is 1. The second-order valence-electron chi connectivity index (χ2n) is 20.9. The molecule has 2 bridgehead atoms. The summed E-state index contributed by atoms with van der Waals surface area (Å²) in [5.41, 5.74) is 5.96. The predicted octanol–water partition coefficient (Wildman–Crippen LogP) is 4.29. The minimum atomic E-state index is -1.39. The summed E-state index contributed by atoms with van der Waals surface area (Å²) < 4.78 is 42.4. The second-order valence-corrected chi connectivity index (χ2v) is 20.9. The van der Waals surface area contributed by atoms with Crippen LogP contribution in [0.1, 0.15) is 76.6 Å². The first-order chi connectivity index (χ1) is 34.1. The maximum absolute atomic E-state index is 15.1. The largest absolute Gasteiger partial charge is 0.465 e. The van der Waals surface area contributed by atoms with Gasteiger partial charge in [0, 0.05) is 79.8 Å². The molecule has 7 rings (SSSR count). The number of hydrogen-bond donors (Lipinski definition) is 7. The second kappa shape index (κ2) is 22.8. The number of amides is 4. The van der Waals surface area contributed by atoms with Gasteiger partial charge in [-0.2, -0.15) is 5.10 Å². The highest BCUT2D eigenvalue weighted by atomic mass is 19.1. The number of carboxylic acid groups (broad SMARTS) is 1. The van der Waals surface area contributed by atoms with E-state index in [1.807, 2.05) is 36.4 Å². The van der Waals surface area contributed by atoms with Crippen LogP contribution in [0.3, 0.4) is 0 Å². The number of benzene rings is 2. The molecule has 3 aliphatic rings. The fourth-order valence-electron chi connectivity index (χ4n) is 9.33. The molecular formula is C52H66F2N10O8. The van der Waals surface area contributed by atoms with E-state index < -0.39 is 77.3 Å². The Hall–Kier alpha value is -6.66. The van der Waals surface area contributed by atoms with Gasteiger partial charge in [-0.05, 0) is 78.1 Å². The van der Waals surface area contributed by atoms with Crippen molar-refractivity contribution in [1.82, 2.24) is 46.5 Å². The first-order valence-corrected chi connectivity index (χ1v) is 24.2. The molecule has 7 N–H and O–H groups in total. The number of carbonyl (C=O) groups excluding carboxylic acids is 3. The third-order valence-corrected chi connectivity index (χ3v) is 13.3. The summed E-state index contributed by atoms with van der Waals surface area (Å²) in [6.45, 7) is 13.1. The summed E-state index contributed by atoms with van der Waals surface area (Å²) in [4.78, 5) is 61.6. The standard InChI is InChI=1S/C52H66F2N10O8/c1-51(2,3)45(59-50(70)72-21-19-38-39(53)23-34(24-40(38)54)41-18-20-62(7)61-41)47(66)57-42(43(65)26-56-60-48(67)46(52(4,5)6)58-49(68)69)22-32-11-8-31(9-12-32)10-13-33-14-17-44(55-25-33)63-27-35-15-16-36(28-63)64(35)37-29-71-30-37/h8-9,11-12,14,17-18,20,23-25,35-37,42-43,45-46,56,58,65H,15-16,19,21-22,26-30H2,1-7H3,(H,57,66)(H,59,70)(H,60,67)(H,68,69)/t35?,36?,42-,43-,45+,46+/m0/s1. The number of hydrazine groups is 1. The van der Waals surface area contributed by atoms with E-state index in [9.17, 15) is 29.4 Å². The predicted molar refractivity (Wildman–Crippen MR) is 264 cm³/mol. The number of halogens is 2. The molecular weight excluding hydrogens is 931 g/mol. The van der Waals surface area contributed by atoms with Crippen LogP contribution in [0, 0.1) is 34.3 Å². The van der Waals surface area contributed by atoms with E-state index in [1.165, 1.54) is 17.5 Å². The molecule has 0 spiro atoms. The monoisotopic (exact) mass is 997 g/mol. The molecule has 72 heavy (non-hydrogen) atoms. The van der Waals surface area contributed by atoms with Crippen LogP contribution in [-0.4, -0.2) is 136 Å². The first kappa shape index (κ1) is 53.1. The number of fused-ring (bicyclic) bond motifs is 2. The highest BCUT2D eigenvalue weighted by Crippen LogP contribution is 2.35. The molecule has 2 aromatic heterocycles.